The summed E-state index contributed by atoms with van der Waals surface area (Å²) in [6, 6.07) is 4.28. The zero-order valence-electron chi connectivity index (χ0n) is 24.9. The lowest BCUT2D eigenvalue weighted by Gasteiger charge is -2.47. The average molecular weight is 598 g/mol. The second-order valence-electron chi connectivity index (χ2n) is 12.5. The molecule has 1 fully saturated rings. The first-order chi connectivity index (χ1) is 20.1. The number of halogens is 3. The van der Waals surface area contributed by atoms with E-state index in [1.807, 2.05) is 6.92 Å². The predicted molar refractivity (Wildman–Crippen MR) is 157 cm³/mol. The standard InChI is InChI=1S/C33H38F3N3O4/c1-21(22-8-5-6-9-23(13-12-22)29(42)37-19-16-27(40)41)39-30(43)28(24-10-7-11-26(20-24)33(34,35)36)38-32(39)17-14-25(15-18-32)31(2,3)4/h5,7,9-13,20-21,25H,8,14-19H2,1-4H3,(H,37,42)(H,40,41)/b22-12+,23-13+/t6?,21-,25?,32?/m1/s1. The number of aliphatic imine (C=N–C) groups is 1. The quantitative estimate of drug-likeness (QED) is 0.365. The maximum absolute atomic E-state index is 14.1. The van der Waals surface area contributed by atoms with Gasteiger partial charge >= 0.3 is 12.1 Å². The summed E-state index contributed by atoms with van der Waals surface area (Å²) in [4.78, 5) is 44.2. The van der Waals surface area contributed by atoms with E-state index in [-0.39, 0.29) is 35.2 Å². The van der Waals surface area contributed by atoms with E-state index in [2.05, 4.69) is 31.8 Å². The molecule has 1 atom stereocenters. The highest BCUT2D eigenvalue weighted by Gasteiger charge is 2.52. The van der Waals surface area contributed by atoms with Crippen LogP contribution in [0.2, 0.25) is 0 Å². The molecule has 230 valence electrons. The Bertz CT molecular complexity index is 1430. The molecule has 1 aliphatic heterocycles. The van der Waals surface area contributed by atoms with Crippen molar-refractivity contribution < 1.29 is 32.7 Å². The number of allylic oxidation sites excluding steroid dienone is 2. The van der Waals surface area contributed by atoms with Gasteiger partial charge in [0.1, 0.15) is 11.4 Å². The third kappa shape index (κ3) is 7.19. The molecule has 0 bridgehead atoms. The monoisotopic (exact) mass is 597 g/mol. The summed E-state index contributed by atoms with van der Waals surface area (Å²) in [6.07, 6.45) is 5.13. The molecule has 1 aromatic rings. The van der Waals surface area contributed by atoms with Gasteiger partial charge in [0, 0.05) is 17.7 Å². The fourth-order valence-electron chi connectivity index (χ4n) is 6.12. The van der Waals surface area contributed by atoms with Crippen molar-refractivity contribution in [1.29, 1.82) is 0 Å². The number of carboxylic acids is 1. The van der Waals surface area contributed by atoms with Crippen LogP contribution in [0.5, 0.6) is 0 Å². The number of benzene rings is 1. The number of rotatable bonds is 7. The molecule has 1 heterocycles. The molecule has 2 aliphatic carbocycles. The molecular formula is C33H38F3N3O4. The zero-order chi connectivity index (χ0) is 31.6. The largest absolute Gasteiger partial charge is 0.481 e. The lowest BCUT2D eigenvalue weighted by molar-refractivity contribution is -0.138. The van der Waals surface area contributed by atoms with Crippen molar-refractivity contribution in [3.05, 3.63) is 76.6 Å². The number of carbonyl (C=O) groups excluding carboxylic acids is 2. The van der Waals surface area contributed by atoms with E-state index in [1.54, 1.807) is 23.1 Å². The topological polar surface area (TPSA) is 99.1 Å². The van der Waals surface area contributed by atoms with Gasteiger partial charge in [-0.05, 0) is 86.3 Å². The van der Waals surface area contributed by atoms with Crippen molar-refractivity contribution in [3.8, 4) is 0 Å². The van der Waals surface area contributed by atoms with Gasteiger partial charge in [0.05, 0.1) is 18.0 Å². The summed E-state index contributed by atoms with van der Waals surface area (Å²) in [5, 5.41) is 11.4. The SMILES string of the molecule is C[C@H](/C1=C/C=C(/C(=O)NCCC(=O)O)C=C=CC1)N1C(=O)C(c2cccc(C(F)(F)F)c2)=NC12CCC(C(C)(C)C)CC2. The van der Waals surface area contributed by atoms with Crippen LogP contribution in [0.25, 0.3) is 0 Å². The molecule has 0 unspecified atom stereocenters. The molecule has 0 radical (unpaired) electrons. The lowest BCUT2D eigenvalue weighted by Crippen LogP contribution is -2.54. The molecule has 10 heteroatoms. The van der Waals surface area contributed by atoms with Crippen LogP contribution in [0.3, 0.4) is 0 Å². The molecule has 43 heavy (non-hydrogen) atoms. The Balaban J connectivity index is 1.69. The number of amides is 2. The van der Waals surface area contributed by atoms with Crippen molar-refractivity contribution in [3.63, 3.8) is 0 Å². The highest BCUT2D eigenvalue weighted by atomic mass is 19.4. The molecule has 2 N–H and O–H groups in total. The summed E-state index contributed by atoms with van der Waals surface area (Å²) in [5.41, 5.74) is 2.57. The predicted octanol–water partition coefficient (Wildman–Crippen LogP) is 6.22. The van der Waals surface area contributed by atoms with Crippen LogP contribution < -0.4 is 5.32 Å². The number of alkyl halides is 3. The summed E-state index contributed by atoms with van der Waals surface area (Å²) >= 11 is 0. The number of hydrogen-bond donors (Lipinski definition) is 2. The Morgan fingerprint density at radius 2 is 1.88 bits per heavy atom. The molecule has 4 rings (SSSR count). The van der Waals surface area contributed by atoms with E-state index >= 15 is 0 Å². The van der Waals surface area contributed by atoms with Gasteiger partial charge in [0.2, 0.25) is 0 Å². The molecule has 2 amide bonds. The van der Waals surface area contributed by atoms with Crippen LogP contribution in [0.15, 0.2) is 70.4 Å². The van der Waals surface area contributed by atoms with Gasteiger partial charge in [-0.1, -0.05) is 39.0 Å². The maximum Gasteiger partial charge on any atom is 0.416 e. The van der Waals surface area contributed by atoms with Gasteiger partial charge in [-0.15, -0.1) is 5.73 Å². The van der Waals surface area contributed by atoms with Crippen molar-refractivity contribution >= 4 is 23.5 Å². The average Bonchev–Trinajstić information content (AvgIpc) is 3.18. The minimum absolute atomic E-state index is 0.0218. The van der Waals surface area contributed by atoms with E-state index < -0.39 is 41.2 Å². The fraction of sp³-hybridized carbons (Fsp3) is 0.485. The second-order valence-corrected chi connectivity index (χ2v) is 12.5. The molecule has 1 spiro atoms. The van der Waals surface area contributed by atoms with E-state index in [4.69, 9.17) is 10.1 Å². The van der Waals surface area contributed by atoms with Crippen LogP contribution in [-0.2, 0) is 20.6 Å². The van der Waals surface area contributed by atoms with Crippen LogP contribution in [0, 0.1) is 11.3 Å². The third-order valence-corrected chi connectivity index (χ3v) is 8.65. The highest BCUT2D eigenvalue weighted by molar-refractivity contribution is 6.46. The first-order valence-corrected chi connectivity index (χ1v) is 14.6. The fourth-order valence-corrected chi connectivity index (χ4v) is 6.12. The second kappa shape index (κ2) is 12.4. The Morgan fingerprint density at radius 3 is 2.51 bits per heavy atom. The Morgan fingerprint density at radius 1 is 1.19 bits per heavy atom. The van der Waals surface area contributed by atoms with Gasteiger partial charge in [0.15, 0.2) is 0 Å². The van der Waals surface area contributed by atoms with E-state index in [0.29, 0.717) is 25.2 Å². The smallest absolute Gasteiger partial charge is 0.416 e. The van der Waals surface area contributed by atoms with Gasteiger partial charge in [-0.2, -0.15) is 13.2 Å². The number of nitrogens with one attached hydrogen (secondary N) is 1. The summed E-state index contributed by atoms with van der Waals surface area (Å²) < 4.78 is 40.7. The van der Waals surface area contributed by atoms with Crippen molar-refractivity contribution in [2.24, 2.45) is 16.3 Å². The molecule has 0 saturated heterocycles. The van der Waals surface area contributed by atoms with Crippen LogP contribution in [0.1, 0.15) is 77.3 Å². The van der Waals surface area contributed by atoms with E-state index in [1.165, 1.54) is 18.2 Å². The maximum atomic E-state index is 14.1. The molecule has 1 saturated carbocycles. The third-order valence-electron chi connectivity index (χ3n) is 8.65. The van der Waals surface area contributed by atoms with E-state index in [9.17, 15) is 27.6 Å². The molecule has 7 nitrogen and oxygen atoms in total. The minimum atomic E-state index is -4.55. The van der Waals surface area contributed by atoms with Gasteiger partial charge in [-0.3, -0.25) is 19.4 Å². The first-order valence-electron chi connectivity index (χ1n) is 14.6. The molecule has 1 aromatic carbocycles. The Kier molecular flexibility index (Phi) is 9.21. The Hall–Kier alpha value is -3.91. The number of carbonyl (C=O) groups is 3. The molecular weight excluding hydrogens is 559 g/mol. The van der Waals surface area contributed by atoms with Gasteiger partial charge in [-0.25, -0.2) is 0 Å². The first kappa shape index (κ1) is 32.0. The normalized spacial score (nSPS) is 25.7. The highest BCUT2D eigenvalue weighted by Crippen LogP contribution is 2.48. The Labute approximate surface area is 249 Å². The molecule has 3 aliphatic rings. The number of carboxylic acid groups (broad SMARTS) is 1. The van der Waals surface area contributed by atoms with E-state index in [0.717, 1.165) is 30.5 Å². The minimum Gasteiger partial charge on any atom is -0.481 e. The molecule has 0 aromatic heterocycles. The zero-order valence-corrected chi connectivity index (χ0v) is 24.9. The number of aliphatic carboxylic acids is 1. The lowest BCUT2D eigenvalue weighted by atomic mass is 9.69. The van der Waals surface area contributed by atoms with Crippen LogP contribution >= 0.6 is 0 Å². The van der Waals surface area contributed by atoms with Gasteiger partial charge < -0.3 is 15.3 Å². The van der Waals surface area contributed by atoms with Crippen molar-refractivity contribution in [2.45, 2.75) is 84.1 Å². The summed E-state index contributed by atoms with van der Waals surface area (Å²) in [5.74, 6) is -1.47. The summed E-state index contributed by atoms with van der Waals surface area (Å²) in [7, 11) is 0. The van der Waals surface area contributed by atoms with Crippen molar-refractivity contribution in [2.75, 3.05) is 6.54 Å². The van der Waals surface area contributed by atoms with Gasteiger partial charge in [0.25, 0.3) is 11.8 Å². The van der Waals surface area contributed by atoms with Crippen LogP contribution in [0.4, 0.5) is 13.2 Å². The number of hydrogen-bond acceptors (Lipinski definition) is 4. The number of nitrogens with zero attached hydrogens (tertiary/aromatic N) is 2. The van der Waals surface area contributed by atoms with Crippen molar-refractivity contribution in [1.82, 2.24) is 10.2 Å². The summed E-state index contributed by atoms with van der Waals surface area (Å²) in [6.45, 7) is 8.42. The van der Waals surface area contributed by atoms with Crippen LogP contribution in [-0.4, -0.2) is 51.8 Å².